The van der Waals surface area contributed by atoms with Crippen LogP contribution in [-0.4, -0.2) is 78.4 Å². The van der Waals surface area contributed by atoms with Gasteiger partial charge in [-0.1, -0.05) is 23.7 Å². The summed E-state index contributed by atoms with van der Waals surface area (Å²) in [5.41, 5.74) is 4.57. The van der Waals surface area contributed by atoms with Crippen LogP contribution in [0, 0.1) is 5.82 Å². The lowest BCUT2D eigenvalue weighted by Gasteiger charge is -2.33. The third-order valence-corrected chi connectivity index (χ3v) is 6.26. The SMILES string of the molecule is CCOc1cc(N)c(Cl)cc1C(=O)NCC1CN(Cc2ccc(F)cc2)CCO1.O=C([O-])CC(O)(CC(=O)[O-])C(=O)[O-]. The van der Waals surface area contributed by atoms with Crippen molar-refractivity contribution in [1.82, 2.24) is 10.2 Å². The van der Waals surface area contributed by atoms with Crippen LogP contribution in [-0.2, 0) is 25.7 Å². The highest BCUT2D eigenvalue weighted by Crippen LogP contribution is 2.29. The topological polar surface area (TPSA) is 217 Å². The van der Waals surface area contributed by atoms with Gasteiger partial charge in [0.2, 0.25) is 0 Å². The minimum absolute atomic E-state index is 0.145. The van der Waals surface area contributed by atoms with Crippen molar-refractivity contribution in [2.75, 3.05) is 38.6 Å². The number of aliphatic carboxylic acids is 3. The third kappa shape index (κ3) is 10.8. The fourth-order valence-electron chi connectivity index (χ4n) is 3.90. The van der Waals surface area contributed by atoms with E-state index in [1.165, 1.54) is 18.2 Å². The Kier molecular flexibility index (Phi) is 12.9. The highest BCUT2D eigenvalue weighted by molar-refractivity contribution is 6.33. The van der Waals surface area contributed by atoms with Crippen LogP contribution < -0.4 is 31.1 Å². The van der Waals surface area contributed by atoms with Gasteiger partial charge in [-0.25, -0.2) is 4.39 Å². The zero-order valence-electron chi connectivity index (χ0n) is 22.6. The summed E-state index contributed by atoms with van der Waals surface area (Å²) in [6.45, 7) is 5.31. The van der Waals surface area contributed by atoms with Gasteiger partial charge >= 0.3 is 0 Å². The highest BCUT2D eigenvalue weighted by Gasteiger charge is 2.29. The number of nitrogens with zero attached hydrogens (tertiary/aromatic N) is 1. The number of nitrogens with one attached hydrogen (secondary N) is 1. The van der Waals surface area contributed by atoms with Gasteiger partial charge in [0.05, 0.1) is 41.6 Å². The number of amides is 1. The molecule has 13 nitrogen and oxygen atoms in total. The molecule has 0 aromatic heterocycles. The van der Waals surface area contributed by atoms with Crippen LogP contribution in [0.1, 0.15) is 35.7 Å². The third-order valence-electron chi connectivity index (χ3n) is 5.93. The molecule has 42 heavy (non-hydrogen) atoms. The number of nitrogen functional groups attached to an aromatic ring is 1. The van der Waals surface area contributed by atoms with E-state index in [0.717, 1.165) is 12.1 Å². The van der Waals surface area contributed by atoms with Gasteiger partial charge in [0.25, 0.3) is 5.91 Å². The molecule has 15 heteroatoms. The number of anilines is 1. The molecule has 0 bridgehead atoms. The van der Waals surface area contributed by atoms with Gasteiger partial charge in [-0.2, -0.15) is 0 Å². The second-order valence-electron chi connectivity index (χ2n) is 9.28. The van der Waals surface area contributed by atoms with Gasteiger partial charge in [-0.05, 0) is 30.7 Å². The van der Waals surface area contributed by atoms with Gasteiger partial charge in [0.15, 0.2) is 0 Å². The number of benzene rings is 2. The summed E-state index contributed by atoms with van der Waals surface area (Å²) in [6, 6.07) is 9.55. The van der Waals surface area contributed by atoms with Crippen LogP contribution in [0.25, 0.3) is 0 Å². The standard InChI is InChI=1S/C21H25ClFN3O3.C6H8O7/c1-2-28-20-10-19(24)18(22)9-17(20)21(27)25-11-16-13-26(7-8-29-16)12-14-3-5-15(23)6-4-14;7-3(8)1-6(13,5(11)12)2-4(9)10/h3-6,9-10,16H,2,7-8,11-13,24H2,1H3,(H,25,27);13H,1-2H2,(H,7,8)(H,9,10)(H,11,12)/p-3. The van der Waals surface area contributed by atoms with E-state index in [-0.39, 0.29) is 17.8 Å². The Labute approximate surface area is 245 Å². The van der Waals surface area contributed by atoms with Crippen molar-refractivity contribution in [1.29, 1.82) is 0 Å². The average molecular weight is 611 g/mol. The van der Waals surface area contributed by atoms with E-state index in [1.807, 2.05) is 6.92 Å². The molecule has 2 aromatic carbocycles. The molecule has 0 radical (unpaired) electrons. The van der Waals surface area contributed by atoms with Gasteiger partial charge in [-0.3, -0.25) is 9.69 Å². The number of hydrogen-bond acceptors (Lipinski definition) is 12. The maximum atomic E-state index is 13.1. The molecule has 1 saturated heterocycles. The molecule has 1 aliphatic heterocycles. The first-order valence-corrected chi connectivity index (χ1v) is 13.0. The fraction of sp³-hybridized carbons (Fsp3) is 0.407. The number of carboxylic acid groups (broad SMARTS) is 3. The van der Waals surface area contributed by atoms with Gasteiger partial charge in [0.1, 0.15) is 17.2 Å². The molecular weight excluding hydrogens is 581 g/mol. The van der Waals surface area contributed by atoms with Crippen LogP contribution in [0.15, 0.2) is 36.4 Å². The summed E-state index contributed by atoms with van der Waals surface area (Å²) in [5.74, 6) is -6.13. The Balaban J connectivity index is 0.000000401. The van der Waals surface area contributed by atoms with E-state index >= 15 is 0 Å². The van der Waals surface area contributed by atoms with Crippen molar-refractivity contribution in [3.63, 3.8) is 0 Å². The van der Waals surface area contributed by atoms with Crippen LogP contribution in [0.3, 0.4) is 0 Å². The number of nitrogens with two attached hydrogens (primary N) is 1. The van der Waals surface area contributed by atoms with Gasteiger partial charge in [0, 0.05) is 57.0 Å². The number of carbonyl (C=O) groups is 4. The van der Waals surface area contributed by atoms with Crippen molar-refractivity contribution in [2.24, 2.45) is 0 Å². The molecule has 2 aromatic rings. The lowest BCUT2D eigenvalue weighted by molar-refractivity contribution is -0.339. The van der Waals surface area contributed by atoms with Crippen molar-refractivity contribution in [3.8, 4) is 5.75 Å². The second-order valence-corrected chi connectivity index (χ2v) is 9.69. The van der Waals surface area contributed by atoms with E-state index < -0.39 is 36.4 Å². The summed E-state index contributed by atoms with van der Waals surface area (Å²) in [6.07, 6.45) is -2.86. The lowest BCUT2D eigenvalue weighted by Crippen LogP contribution is -2.54. The van der Waals surface area contributed by atoms with Crippen LogP contribution >= 0.6 is 11.6 Å². The van der Waals surface area contributed by atoms with Gasteiger partial charge in [-0.15, -0.1) is 0 Å². The first-order chi connectivity index (χ1) is 19.7. The molecular formula is C27H30ClFN3O10-3. The molecule has 1 amide bonds. The Hall–Kier alpha value is -3.98. The molecule has 3 rings (SSSR count). The smallest absolute Gasteiger partial charge is 0.255 e. The number of carboxylic acids is 3. The maximum absolute atomic E-state index is 13.1. The Morgan fingerprint density at radius 3 is 2.33 bits per heavy atom. The van der Waals surface area contributed by atoms with Crippen molar-refractivity contribution in [3.05, 3.63) is 58.4 Å². The number of hydrogen-bond donors (Lipinski definition) is 3. The first kappa shape index (κ1) is 34.2. The van der Waals surface area contributed by atoms with Crippen LogP contribution in [0.2, 0.25) is 5.02 Å². The van der Waals surface area contributed by atoms with Crippen molar-refractivity contribution in [2.45, 2.75) is 38.0 Å². The quantitative estimate of drug-likeness (QED) is 0.219. The number of ether oxygens (including phenoxy) is 2. The molecule has 1 unspecified atom stereocenters. The Morgan fingerprint density at radius 2 is 1.79 bits per heavy atom. The Morgan fingerprint density at radius 1 is 1.17 bits per heavy atom. The normalized spacial score (nSPS) is 15.2. The zero-order valence-corrected chi connectivity index (χ0v) is 23.4. The number of aliphatic hydroxyl groups is 1. The van der Waals surface area contributed by atoms with Crippen LogP contribution in [0.5, 0.6) is 5.75 Å². The molecule has 1 heterocycles. The number of halogens is 2. The average Bonchev–Trinajstić information content (AvgIpc) is 2.90. The fourth-order valence-corrected chi connectivity index (χ4v) is 4.07. The predicted molar refractivity (Wildman–Crippen MR) is 140 cm³/mol. The molecule has 4 N–H and O–H groups in total. The second kappa shape index (κ2) is 15.9. The van der Waals surface area contributed by atoms with Crippen LogP contribution in [0.4, 0.5) is 10.1 Å². The summed E-state index contributed by atoms with van der Waals surface area (Å²) in [4.78, 5) is 44.9. The zero-order chi connectivity index (χ0) is 31.4. The number of rotatable bonds is 12. The van der Waals surface area contributed by atoms with E-state index in [9.17, 15) is 38.9 Å². The summed E-state index contributed by atoms with van der Waals surface area (Å²) >= 11 is 6.07. The van der Waals surface area contributed by atoms with E-state index in [4.69, 9.17) is 31.9 Å². The molecule has 1 fully saturated rings. The molecule has 0 spiro atoms. The summed E-state index contributed by atoms with van der Waals surface area (Å²) in [7, 11) is 0. The maximum Gasteiger partial charge on any atom is 0.255 e. The van der Waals surface area contributed by atoms with E-state index in [0.29, 0.717) is 54.9 Å². The minimum atomic E-state index is -2.97. The summed E-state index contributed by atoms with van der Waals surface area (Å²) in [5, 5.41) is 42.1. The Bertz CT molecular complexity index is 1250. The highest BCUT2D eigenvalue weighted by atomic mass is 35.5. The number of carbonyl (C=O) groups excluding carboxylic acids is 4. The molecule has 1 atom stereocenters. The molecule has 0 aliphatic carbocycles. The lowest BCUT2D eigenvalue weighted by atomic mass is 9.96. The largest absolute Gasteiger partial charge is 0.550 e. The molecule has 1 aliphatic rings. The first-order valence-electron chi connectivity index (χ1n) is 12.7. The van der Waals surface area contributed by atoms with Crippen molar-refractivity contribution >= 4 is 41.1 Å². The van der Waals surface area contributed by atoms with E-state index in [1.54, 1.807) is 18.2 Å². The van der Waals surface area contributed by atoms with Crippen molar-refractivity contribution < 1.29 is 53.5 Å². The monoisotopic (exact) mass is 610 g/mol. The minimum Gasteiger partial charge on any atom is -0.550 e. The van der Waals surface area contributed by atoms with Gasteiger partial charge < -0.3 is 55.3 Å². The molecule has 0 saturated carbocycles. The summed E-state index contributed by atoms with van der Waals surface area (Å²) < 4.78 is 24.4. The molecule has 230 valence electrons. The van der Waals surface area contributed by atoms with E-state index in [2.05, 4.69) is 10.2 Å². The predicted octanol–water partition coefficient (Wildman–Crippen LogP) is -2.16. The number of morpholine rings is 1.